The number of rotatable bonds is 5. The Balaban J connectivity index is 1.55. The van der Waals surface area contributed by atoms with Crippen molar-refractivity contribution in [2.75, 3.05) is 6.54 Å². The smallest absolute Gasteiger partial charge is 0.310 e. The van der Waals surface area contributed by atoms with Crippen LogP contribution in [-0.4, -0.2) is 23.5 Å². The van der Waals surface area contributed by atoms with E-state index in [-0.39, 0.29) is 17.7 Å². The summed E-state index contributed by atoms with van der Waals surface area (Å²) in [6.07, 6.45) is 4.20. The fourth-order valence-electron chi connectivity index (χ4n) is 3.76. The number of nitrogens with one attached hydrogen (secondary N) is 1. The van der Waals surface area contributed by atoms with Gasteiger partial charge in [0, 0.05) is 13.0 Å². The van der Waals surface area contributed by atoms with Gasteiger partial charge in [-0.2, -0.15) is 0 Å². The lowest BCUT2D eigenvalue weighted by atomic mass is 9.66. The minimum absolute atomic E-state index is 0.0371. The Morgan fingerprint density at radius 1 is 1.18 bits per heavy atom. The van der Waals surface area contributed by atoms with Crippen LogP contribution >= 0.6 is 0 Å². The van der Waals surface area contributed by atoms with Crippen LogP contribution in [0.3, 0.4) is 0 Å². The molecule has 1 saturated carbocycles. The molecule has 2 aliphatic carbocycles. The Kier molecular flexibility index (Phi) is 3.71. The predicted molar refractivity (Wildman–Crippen MR) is 83.5 cm³/mol. The number of amides is 1. The van der Waals surface area contributed by atoms with Gasteiger partial charge in [0.05, 0.1) is 5.41 Å². The third kappa shape index (κ3) is 2.74. The van der Waals surface area contributed by atoms with Gasteiger partial charge in [0.15, 0.2) is 0 Å². The van der Waals surface area contributed by atoms with E-state index >= 15 is 0 Å². The summed E-state index contributed by atoms with van der Waals surface area (Å²) in [5.41, 5.74) is 1.96. The average Bonchev–Trinajstić information content (AvgIpc) is 2.77. The second kappa shape index (κ2) is 5.41. The molecule has 0 bridgehead atoms. The monoisotopic (exact) mass is 301 g/mol. The molecule has 3 rings (SSSR count). The molecule has 0 heterocycles. The molecule has 0 unspecified atom stereocenters. The number of carbonyl (C=O) groups excluding carboxylic acids is 1. The molecular formula is C18H23NO3. The average molecular weight is 301 g/mol. The van der Waals surface area contributed by atoms with E-state index in [9.17, 15) is 14.7 Å². The number of carboxylic acids is 1. The highest BCUT2D eigenvalue weighted by Gasteiger charge is 2.46. The van der Waals surface area contributed by atoms with Gasteiger partial charge in [-0.3, -0.25) is 9.59 Å². The van der Waals surface area contributed by atoms with Crippen LogP contribution in [-0.2, 0) is 22.4 Å². The van der Waals surface area contributed by atoms with E-state index in [0.717, 1.165) is 19.3 Å². The third-order valence-corrected chi connectivity index (χ3v) is 5.33. The first-order valence-electron chi connectivity index (χ1n) is 7.99. The van der Waals surface area contributed by atoms with Gasteiger partial charge in [0.1, 0.15) is 0 Å². The van der Waals surface area contributed by atoms with Gasteiger partial charge in [-0.15, -0.1) is 0 Å². The van der Waals surface area contributed by atoms with Crippen molar-refractivity contribution in [3.8, 4) is 0 Å². The molecule has 118 valence electrons. The van der Waals surface area contributed by atoms with Crippen molar-refractivity contribution < 1.29 is 14.7 Å². The third-order valence-electron chi connectivity index (χ3n) is 5.33. The van der Waals surface area contributed by atoms with Crippen LogP contribution in [0, 0.1) is 10.8 Å². The molecular weight excluding hydrogens is 278 g/mol. The molecule has 1 aromatic carbocycles. The molecule has 22 heavy (non-hydrogen) atoms. The largest absolute Gasteiger partial charge is 0.481 e. The second-order valence-electron chi connectivity index (χ2n) is 7.33. The van der Waals surface area contributed by atoms with Crippen molar-refractivity contribution in [1.82, 2.24) is 5.32 Å². The summed E-state index contributed by atoms with van der Waals surface area (Å²) in [6.45, 7) is 2.79. The Morgan fingerprint density at radius 2 is 1.77 bits per heavy atom. The van der Waals surface area contributed by atoms with Gasteiger partial charge in [0.2, 0.25) is 5.91 Å². The van der Waals surface area contributed by atoms with Crippen molar-refractivity contribution in [1.29, 1.82) is 0 Å². The van der Waals surface area contributed by atoms with Crippen molar-refractivity contribution >= 4 is 11.9 Å². The molecule has 0 aliphatic heterocycles. The highest BCUT2D eigenvalue weighted by Crippen LogP contribution is 2.44. The molecule has 0 atom stereocenters. The highest BCUT2D eigenvalue weighted by atomic mass is 16.4. The maximum atomic E-state index is 12.2. The van der Waals surface area contributed by atoms with Crippen LogP contribution in [0.5, 0.6) is 0 Å². The molecule has 1 aromatic rings. The van der Waals surface area contributed by atoms with E-state index in [2.05, 4.69) is 36.5 Å². The molecule has 2 aliphatic rings. The minimum Gasteiger partial charge on any atom is -0.481 e. The Morgan fingerprint density at radius 3 is 2.23 bits per heavy atom. The number of benzene rings is 1. The van der Waals surface area contributed by atoms with Gasteiger partial charge < -0.3 is 10.4 Å². The summed E-state index contributed by atoms with van der Waals surface area (Å²) in [6, 6.07) is 8.40. The summed E-state index contributed by atoms with van der Waals surface area (Å²) in [4.78, 5) is 23.5. The first-order chi connectivity index (χ1) is 10.4. The van der Waals surface area contributed by atoms with Crippen LogP contribution in [0.25, 0.3) is 0 Å². The van der Waals surface area contributed by atoms with Crippen LogP contribution in [0.4, 0.5) is 0 Å². The van der Waals surface area contributed by atoms with Crippen molar-refractivity contribution in [3.63, 3.8) is 0 Å². The molecule has 4 nitrogen and oxygen atoms in total. The van der Waals surface area contributed by atoms with Crippen LogP contribution < -0.4 is 5.32 Å². The SMILES string of the molecule is CC1(CNC(=O)CC2(C(=O)O)CCC2)Cc2ccccc2C1. The number of carbonyl (C=O) groups is 2. The lowest BCUT2D eigenvalue weighted by molar-refractivity contribution is -0.157. The lowest BCUT2D eigenvalue weighted by Crippen LogP contribution is -2.44. The summed E-state index contributed by atoms with van der Waals surface area (Å²) in [7, 11) is 0. The predicted octanol–water partition coefficient (Wildman–Crippen LogP) is 2.55. The first-order valence-corrected chi connectivity index (χ1v) is 7.99. The number of hydrogen-bond acceptors (Lipinski definition) is 2. The van der Waals surface area contributed by atoms with E-state index in [1.807, 2.05) is 0 Å². The molecule has 0 saturated heterocycles. The van der Waals surface area contributed by atoms with Gasteiger partial charge in [-0.05, 0) is 42.2 Å². The van der Waals surface area contributed by atoms with Gasteiger partial charge in [-0.1, -0.05) is 37.6 Å². The molecule has 0 radical (unpaired) electrons. The van der Waals surface area contributed by atoms with Crippen molar-refractivity contribution in [2.24, 2.45) is 10.8 Å². The summed E-state index contributed by atoms with van der Waals surface area (Å²) < 4.78 is 0. The first kappa shape index (κ1) is 15.1. The fraction of sp³-hybridized carbons (Fsp3) is 0.556. The van der Waals surface area contributed by atoms with Crippen LogP contribution in [0.1, 0.15) is 43.7 Å². The number of fused-ring (bicyclic) bond motifs is 1. The maximum absolute atomic E-state index is 12.2. The molecule has 1 amide bonds. The van der Waals surface area contributed by atoms with Crippen LogP contribution in [0.15, 0.2) is 24.3 Å². The van der Waals surface area contributed by atoms with E-state index in [0.29, 0.717) is 19.4 Å². The molecule has 4 heteroatoms. The molecule has 2 N–H and O–H groups in total. The Hall–Kier alpha value is -1.84. The zero-order valence-corrected chi connectivity index (χ0v) is 13.0. The quantitative estimate of drug-likeness (QED) is 0.878. The summed E-state index contributed by atoms with van der Waals surface area (Å²) >= 11 is 0. The zero-order valence-electron chi connectivity index (χ0n) is 13.0. The van der Waals surface area contributed by atoms with E-state index in [1.165, 1.54) is 11.1 Å². The summed E-state index contributed by atoms with van der Waals surface area (Å²) in [5.74, 6) is -0.951. The summed E-state index contributed by atoms with van der Waals surface area (Å²) in [5, 5.41) is 12.3. The minimum atomic E-state index is -0.826. The fourth-order valence-corrected chi connectivity index (χ4v) is 3.76. The number of aliphatic carboxylic acids is 1. The molecule has 0 spiro atoms. The number of hydrogen-bond donors (Lipinski definition) is 2. The number of carboxylic acid groups (broad SMARTS) is 1. The Labute approximate surface area is 130 Å². The second-order valence-corrected chi connectivity index (χ2v) is 7.33. The van der Waals surface area contributed by atoms with Crippen molar-refractivity contribution in [3.05, 3.63) is 35.4 Å². The van der Waals surface area contributed by atoms with Gasteiger partial charge in [-0.25, -0.2) is 0 Å². The topological polar surface area (TPSA) is 66.4 Å². The Bertz CT molecular complexity index is 579. The van der Waals surface area contributed by atoms with Crippen molar-refractivity contribution in [2.45, 2.75) is 45.4 Å². The van der Waals surface area contributed by atoms with Gasteiger partial charge >= 0.3 is 5.97 Å². The normalized spacial score (nSPS) is 20.8. The van der Waals surface area contributed by atoms with Crippen LogP contribution in [0.2, 0.25) is 0 Å². The maximum Gasteiger partial charge on any atom is 0.310 e. The highest BCUT2D eigenvalue weighted by molar-refractivity contribution is 5.85. The molecule has 1 fully saturated rings. The van der Waals surface area contributed by atoms with E-state index in [1.54, 1.807) is 0 Å². The van der Waals surface area contributed by atoms with E-state index < -0.39 is 11.4 Å². The molecule has 0 aromatic heterocycles. The van der Waals surface area contributed by atoms with E-state index in [4.69, 9.17) is 0 Å². The van der Waals surface area contributed by atoms with Gasteiger partial charge in [0.25, 0.3) is 0 Å². The standard InChI is InChI=1S/C18H23NO3/c1-17(9-13-5-2-3-6-14(13)10-17)12-19-15(20)11-18(16(21)22)7-4-8-18/h2-3,5-6H,4,7-12H2,1H3,(H,19,20)(H,21,22). The lowest BCUT2D eigenvalue weighted by Gasteiger charge is -2.37. The zero-order chi connectivity index (χ0) is 15.8.